The van der Waals surface area contributed by atoms with Crippen LogP contribution >= 0.6 is 27.7 Å². The average molecular weight is 340 g/mol. The number of carbonyl (C=O) groups excluding carboxylic acids is 1. The molecule has 1 unspecified atom stereocenters. The monoisotopic (exact) mass is 339 g/mol. The Labute approximate surface area is 124 Å². The van der Waals surface area contributed by atoms with Crippen LogP contribution in [-0.4, -0.2) is 11.2 Å². The zero-order valence-electron chi connectivity index (χ0n) is 10.4. The second-order valence-electron chi connectivity index (χ2n) is 4.01. The standard InChI is InChI=1S/C14H14BrNO2S/c1-10(19-13-6-4-11(15)5-7-13)14(17)16-9-12-3-2-8-18-12/h2-8,10H,9H2,1H3,(H,16,17). The van der Waals surface area contributed by atoms with Crippen LogP contribution in [-0.2, 0) is 11.3 Å². The van der Waals surface area contributed by atoms with Gasteiger partial charge in [0.1, 0.15) is 5.76 Å². The third kappa shape index (κ3) is 4.44. The van der Waals surface area contributed by atoms with Gasteiger partial charge in [0.2, 0.25) is 5.91 Å². The Kier molecular flexibility index (Phi) is 5.10. The van der Waals surface area contributed by atoms with Crippen molar-refractivity contribution in [3.05, 3.63) is 52.9 Å². The average Bonchev–Trinajstić information content (AvgIpc) is 2.91. The zero-order chi connectivity index (χ0) is 13.7. The quantitative estimate of drug-likeness (QED) is 0.841. The van der Waals surface area contributed by atoms with Crippen LogP contribution in [0.5, 0.6) is 0 Å². The predicted octanol–water partition coefficient (Wildman–Crippen LogP) is 3.84. The first kappa shape index (κ1) is 14.2. The zero-order valence-corrected chi connectivity index (χ0v) is 12.8. The van der Waals surface area contributed by atoms with E-state index in [-0.39, 0.29) is 11.2 Å². The van der Waals surface area contributed by atoms with E-state index in [1.807, 2.05) is 43.3 Å². The summed E-state index contributed by atoms with van der Waals surface area (Å²) in [5.74, 6) is 0.763. The summed E-state index contributed by atoms with van der Waals surface area (Å²) >= 11 is 4.92. The summed E-state index contributed by atoms with van der Waals surface area (Å²) in [5.41, 5.74) is 0. The highest BCUT2D eigenvalue weighted by Gasteiger charge is 2.14. The minimum absolute atomic E-state index is 0.00400. The van der Waals surface area contributed by atoms with Gasteiger partial charge >= 0.3 is 0 Å². The van der Waals surface area contributed by atoms with Crippen LogP contribution < -0.4 is 5.32 Å². The molecule has 1 aromatic carbocycles. The second-order valence-corrected chi connectivity index (χ2v) is 6.34. The topological polar surface area (TPSA) is 42.2 Å². The molecule has 0 aliphatic carbocycles. The predicted molar refractivity (Wildman–Crippen MR) is 80.0 cm³/mol. The first-order valence-corrected chi connectivity index (χ1v) is 7.55. The van der Waals surface area contributed by atoms with Crippen LogP contribution in [0.25, 0.3) is 0 Å². The lowest BCUT2D eigenvalue weighted by Crippen LogP contribution is -2.30. The van der Waals surface area contributed by atoms with Crippen LogP contribution in [0.15, 0.2) is 56.4 Å². The first-order valence-electron chi connectivity index (χ1n) is 5.87. The molecule has 0 spiro atoms. The number of amides is 1. The van der Waals surface area contributed by atoms with E-state index < -0.39 is 0 Å². The van der Waals surface area contributed by atoms with Crippen molar-refractivity contribution in [2.24, 2.45) is 0 Å². The molecule has 5 heteroatoms. The Balaban J connectivity index is 1.83. The molecule has 19 heavy (non-hydrogen) atoms. The highest BCUT2D eigenvalue weighted by molar-refractivity contribution is 9.10. The Bertz CT molecular complexity index is 525. The number of halogens is 1. The molecule has 100 valence electrons. The van der Waals surface area contributed by atoms with E-state index in [1.54, 1.807) is 6.26 Å². The molecule has 0 radical (unpaired) electrons. The van der Waals surface area contributed by atoms with Gasteiger partial charge in [0.15, 0.2) is 0 Å². The van der Waals surface area contributed by atoms with Crippen LogP contribution in [0.3, 0.4) is 0 Å². The number of carbonyl (C=O) groups is 1. The van der Waals surface area contributed by atoms with Gasteiger partial charge in [-0.15, -0.1) is 11.8 Å². The van der Waals surface area contributed by atoms with E-state index >= 15 is 0 Å². The van der Waals surface area contributed by atoms with Gasteiger partial charge in [-0.2, -0.15) is 0 Å². The highest BCUT2D eigenvalue weighted by atomic mass is 79.9. The number of hydrogen-bond acceptors (Lipinski definition) is 3. The van der Waals surface area contributed by atoms with Crippen molar-refractivity contribution in [1.29, 1.82) is 0 Å². The van der Waals surface area contributed by atoms with Crippen LogP contribution in [0, 0.1) is 0 Å². The molecule has 0 aliphatic rings. The van der Waals surface area contributed by atoms with E-state index in [4.69, 9.17) is 4.42 Å². The summed E-state index contributed by atoms with van der Waals surface area (Å²) in [6, 6.07) is 11.6. The minimum atomic E-state index is -0.142. The van der Waals surface area contributed by atoms with Gasteiger partial charge in [-0.05, 0) is 43.3 Å². The number of thioether (sulfide) groups is 1. The van der Waals surface area contributed by atoms with Gasteiger partial charge < -0.3 is 9.73 Å². The van der Waals surface area contributed by atoms with Crippen molar-refractivity contribution in [3.8, 4) is 0 Å². The lowest BCUT2D eigenvalue weighted by Gasteiger charge is -2.11. The summed E-state index contributed by atoms with van der Waals surface area (Å²) in [7, 11) is 0. The number of hydrogen-bond donors (Lipinski definition) is 1. The molecule has 1 atom stereocenters. The molecular weight excluding hydrogens is 326 g/mol. The molecule has 0 bridgehead atoms. The molecule has 1 aromatic heterocycles. The fraction of sp³-hybridized carbons (Fsp3) is 0.214. The minimum Gasteiger partial charge on any atom is -0.467 e. The Morgan fingerprint density at radius 2 is 2.11 bits per heavy atom. The number of rotatable bonds is 5. The molecule has 3 nitrogen and oxygen atoms in total. The molecule has 0 saturated carbocycles. The summed E-state index contributed by atoms with van der Waals surface area (Å²) in [4.78, 5) is 13.0. The normalized spacial score (nSPS) is 12.1. The third-order valence-electron chi connectivity index (χ3n) is 2.51. The van der Waals surface area contributed by atoms with Gasteiger partial charge in [-0.25, -0.2) is 0 Å². The number of furan rings is 1. The van der Waals surface area contributed by atoms with E-state index in [0.29, 0.717) is 6.54 Å². The molecule has 1 N–H and O–H groups in total. The van der Waals surface area contributed by atoms with Crippen molar-refractivity contribution >= 4 is 33.6 Å². The largest absolute Gasteiger partial charge is 0.467 e. The molecule has 0 saturated heterocycles. The molecule has 0 aliphatic heterocycles. The van der Waals surface area contributed by atoms with Crippen LogP contribution in [0.2, 0.25) is 0 Å². The molecular formula is C14H14BrNO2S. The van der Waals surface area contributed by atoms with Crippen LogP contribution in [0.1, 0.15) is 12.7 Å². The van der Waals surface area contributed by atoms with Crippen LogP contribution in [0.4, 0.5) is 0 Å². The second kappa shape index (κ2) is 6.82. The smallest absolute Gasteiger partial charge is 0.233 e. The Morgan fingerprint density at radius 3 is 2.74 bits per heavy atom. The van der Waals surface area contributed by atoms with Crippen molar-refractivity contribution in [1.82, 2.24) is 5.32 Å². The van der Waals surface area contributed by atoms with Crippen molar-refractivity contribution in [2.45, 2.75) is 23.6 Å². The van der Waals surface area contributed by atoms with E-state index in [9.17, 15) is 4.79 Å². The molecule has 2 aromatic rings. The van der Waals surface area contributed by atoms with Crippen molar-refractivity contribution in [3.63, 3.8) is 0 Å². The lowest BCUT2D eigenvalue weighted by molar-refractivity contribution is -0.120. The lowest BCUT2D eigenvalue weighted by atomic mass is 10.4. The maximum Gasteiger partial charge on any atom is 0.233 e. The van der Waals surface area contributed by atoms with Crippen molar-refractivity contribution < 1.29 is 9.21 Å². The number of benzene rings is 1. The third-order valence-corrected chi connectivity index (χ3v) is 4.15. The van der Waals surface area contributed by atoms with E-state index in [1.165, 1.54) is 11.8 Å². The summed E-state index contributed by atoms with van der Waals surface area (Å²) in [6.45, 7) is 2.32. The first-order chi connectivity index (χ1) is 9.15. The van der Waals surface area contributed by atoms with Crippen molar-refractivity contribution in [2.75, 3.05) is 0 Å². The highest BCUT2D eigenvalue weighted by Crippen LogP contribution is 2.24. The fourth-order valence-electron chi connectivity index (χ4n) is 1.50. The molecule has 2 rings (SSSR count). The molecule has 1 amide bonds. The van der Waals surface area contributed by atoms with Gasteiger partial charge in [-0.1, -0.05) is 15.9 Å². The summed E-state index contributed by atoms with van der Waals surface area (Å²) < 4.78 is 6.20. The number of nitrogens with one attached hydrogen (secondary N) is 1. The molecule has 0 fully saturated rings. The van der Waals surface area contributed by atoms with Gasteiger partial charge in [0, 0.05) is 9.37 Å². The van der Waals surface area contributed by atoms with E-state index in [0.717, 1.165) is 15.1 Å². The fourth-order valence-corrected chi connectivity index (χ4v) is 2.66. The van der Waals surface area contributed by atoms with Gasteiger partial charge in [0.25, 0.3) is 0 Å². The Hall–Kier alpha value is -1.20. The summed E-state index contributed by atoms with van der Waals surface area (Å²) in [6.07, 6.45) is 1.60. The SMILES string of the molecule is CC(Sc1ccc(Br)cc1)C(=O)NCc1ccco1. The maximum atomic E-state index is 11.9. The maximum absolute atomic E-state index is 11.9. The Morgan fingerprint density at radius 1 is 1.37 bits per heavy atom. The van der Waals surface area contributed by atoms with Gasteiger partial charge in [0.05, 0.1) is 18.1 Å². The van der Waals surface area contributed by atoms with E-state index in [2.05, 4.69) is 21.2 Å². The molecule has 1 heterocycles. The summed E-state index contributed by atoms with van der Waals surface area (Å²) in [5, 5.41) is 2.71. The van der Waals surface area contributed by atoms with Gasteiger partial charge in [-0.3, -0.25) is 4.79 Å².